The molecule has 0 aliphatic heterocycles. The molecule has 0 aromatic heterocycles. The van der Waals surface area contributed by atoms with Crippen LogP contribution in [0.2, 0.25) is 0 Å². The van der Waals surface area contributed by atoms with Gasteiger partial charge in [-0.15, -0.1) is 0 Å². The van der Waals surface area contributed by atoms with E-state index < -0.39 is 0 Å². The molecule has 0 unspecified atom stereocenters. The molecule has 0 saturated heterocycles. The van der Waals surface area contributed by atoms with Gasteiger partial charge in [-0.3, -0.25) is 0 Å². The minimum atomic E-state index is -0.256. The van der Waals surface area contributed by atoms with Crippen LogP contribution in [0.5, 0.6) is 5.75 Å². The van der Waals surface area contributed by atoms with Gasteiger partial charge in [0.15, 0.2) is 0 Å². The molecule has 2 aromatic rings. The highest BCUT2D eigenvalue weighted by atomic mass is 19.1. The van der Waals surface area contributed by atoms with Crippen LogP contribution in [0.4, 0.5) is 4.39 Å². The molecule has 2 aromatic carbocycles. The summed E-state index contributed by atoms with van der Waals surface area (Å²) in [4.78, 5) is 0. The fraction of sp³-hybridized carbons (Fsp3) is 0.333. The van der Waals surface area contributed by atoms with E-state index >= 15 is 0 Å². The Labute approximate surface area is 103 Å². The van der Waals surface area contributed by atoms with Crippen molar-refractivity contribution in [3.05, 3.63) is 42.2 Å². The predicted octanol–water partition coefficient (Wildman–Crippen LogP) is 5.13. The van der Waals surface area contributed by atoms with Crippen molar-refractivity contribution in [3.63, 3.8) is 0 Å². The highest BCUT2D eigenvalue weighted by Crippen LogP contribution is 2.20. The zero-order chi connectivity index (χ0) is 13.3. The van der Waals surface area contributed by atoms with Crippen molar-refractivity contribution in [1.82, 2.24) is 0 Å². The van der Waals surface area contributed by atoms with Crippen LogP contribution in [-0.4, -0.2) is 5.11 Å². The second kappa shape index (κ2) is 8.57. The van der Waals surface area contributed by atoms with Gasteiger partial charge in [0.05, 0.1) is 0 Å². The summed E-state index contributed by atoms with van der Waals surface area (Å²) in [6.07, 6.45) is 1.25. The van der Waals surface area contributed by atoms with Crippen LogP contribution < -0.4 is 0 Å². The van der Waals surface area contributed by atoms with Crippen molar-refractivity contribution in [2.24, 2.45) is 0 Å². The van der Waals surface area contributed by atoms with Gasteiger partial charge in [0.1, 0.15) is 11.6 Å². The third-order valence-electron chi connectivity index (χ3n) is 1.79. The Hall–Kier alpha value is -1.57. The van der Waals surface area contributed by atoms with Crippen molar-refractivity contribution in [2.45, 2.75) is 34.1 Å². The number of hydrogen-bond donors (Lipinski definition) is 1. The highest BCUT2D eigenvalue weighted by Gasteiger charge is 1.95. The molecule has 0 radical (unpaired) electrons. The fourth-order valence-electron chi connectivity index (χ4n) is 1.20. The Morgan fingerprint density at radius 3 is 2.00 bits per heavy atom. The molecule has 0 saturated carbocycles. The van der Waals surface area contributed by atoms with E-state index in [2.05, 4.69) is 13.8 Å². The van der Waals surface area contributed by atoms with Crippen LogP contribution in [0, 0.1) is 5.82 Å². The Morgan fingerprint density at radius 1 is 0.941 bits per heavy atom. The summed E-state index contributed by atoms with van der Waals surface area (Å²) in [5.41, 5.74) is 0. The Balaban J connectivity index is 0.000000450. The van der Waals surface area contributed by atoms with E-state index in [1.807, 2.05) is 13.8 Å². The zero-order valence-corrected chi connectivity index (χ0v) is 11.0. The lowest BCUT2D eigenvalue weighted by Crippen LogP contribution is -1.75. The van der Waals surface area contributed by atoms with Crippen molar-refractivity contribution < 1.29 is 9.50 Å². The second-order valence-electron chi connectivity index (χ2n) is 3.38. The maximum absolute atomic E-state index is 12.7. The molecule has 17 heavy (non-hydrogen) atoms. The molecule has 1 N–H and O–H groups in total. The normalized spacial score (nSPS) is 8.76. The number of phenols is 1. The zero-order valence-electron chi connectivity index (χ0n) is 11.0. The number of benzene rings is 2. The first-order chi connectivity index (χ1) is 8.17. The average molecular weight is 236 g/mol. The maximum Gasteiger partial charge on any atom is 0.123 e. The fourth-order valence-corrected chi connectivity index (χ4v) is 1.20. The van der Waals surface area contributed by atoms with Crippen molar-refractivity contribution in [1.29, 1.82) is 0 Å². The van der Waals surface area contributed by atoms with Gasteiger partial charge in [0.25, 0.3) is 0 Å². The third-order valence-corrected chi connectivity index (χ3v) is 1.79. The van der Waals surface area contributed by atoms with Crippen molar-refractivity contribution >= 4 is 10.8 Å². The molecule has 0 fully saturated rings. The first-order valence-corrected chi connectivity index (χ1v) is 6.05. The van der Waals surface area contributed by atoms with E-state index in [0.717, 1.165) is 10.8 Å². The van der Waals surface area contributed by atoms with E-state index in [0.29, 0.717) is 0 Å². The lowest BCUT2D eigenvalue weighted by Gasteiger charge is -1.97. The minimum absolute atomic E-state index is 0.203. The SMILES string of the molecule is CC.CCC.Oc1ccc2cc(F)ccc2c1. The summed E-state index contributed by atoms with van der Waals surface area (Å²) in [7, 11) is 0. The van der Waals surface area contributed by atoms with Crippen LogP contribution in [-0.2, 0) is 0 Å². The topological polar surface area (TPSA) is 20.2 Å². The van der Waals surface area contributed by atoms with Crippen LogP contribution in [0.25, 0.3) is 10.8 Å². The van der Waals surface area contributed by atoms with E-state index in [9.17, 15) is 4.39 Å². The van der Waals surface area contributed by atoms with Crippen molar-refractivity contribution in [3.8, 4) is 5.75 Å². The molecular weight excluding hydrogens is 215 g/mol. The van der Waals surface area contributed by atoms with E-state index in [4.69, 9.17) is 5.11 Å². The summed E-state index contributed by atoms with van der Waals surface area (Å²) >= 11 is 0. The van der Waals surface area contributed by atoms with E-state index in [1.54, 1.807) is 24.3 Å². The molecule has 0 heterocycles. The van der Waals surface area contributed by atoms with Crippen LogP contribution in [0.3, 0.4) is 0 Å². The predicted molar refractivity (Wildman–Crippen MR) is 72.9 cm³/mol. The monoisotopic (exact) mass is 236 g/mol. The Bertz CT molecular complexity index is 397. The molecule has 0 atom stereocenters. The summed E-state index contributed by atoms with van der Waals surface area (Å²) in [6.45, 7) is 8.25. The van der Waals surface area contributed by atoms with E-state index in [-0.39, 0.29) is 11.6 Å². The lowest BCUT2D eigenvalue weighted by atomic mass is 10.1. The minimum Gasteiger partial charge on any atom is -0.508 e. The third kappa shape index (κ3) is 5.34. The summed E-state index contributed by atoms with van der Waals surface area (Å²) in [5.74, 6) is -0.0534. The quantitative estimate of drug-likeness (QED) is 0.672. The molecule has 0 amide bonds. The van der Waals surface area contributed by atoms with Gasteiger partial charge >= 0.3 is 0 Å². The molecule has 94 valence electrons. The number of aromatic hydroxyl groups is 1. The van der Waals surface area contributed by atoms with Gasteiger partial charge in [0.2, 0.25) is 0 Å². The smallest absolute Gasteiger partial charge is 0.123 e. The molecule has 2 rings (SSSR count). The molecular formula is C15H21FO. The van der Waals surface area contributed by atoms with Crippen LogP contribution in [0.1, 0.15) is 34.1 Å². The first kappa shape index (κ1) is 15.4. The number of phenolic OH excluding ortho intramolecular Hbond substituents is 1. The van der Waals surface area contributed by atoms with Gasteiger partial charge in [-0.2, -0.15) is 0 Å². The van der Waals surface area contributed by atoms with Crippen LogP contribution in [0.15, 0.2) is 36.4 Å². The van der Waals surface area contributed by atoms with Gasteiger partial charge in [0, 0.05) is 0 Å². The average Bonchev–Trinajstić information content (AvgIpc) is 2.33. The molecule has 0 spiro atoms. The van der Waals surface area contributed by atoms with Gasteiger partial charge in [-0.25, -0.2) is 4.39 Å². The van der Waals surface area contributed by atoms with Crippen molar-refractivity contribution in [2.75, 3.05) is 0 Å². The molecule has 0 aliphatic rings. The molecule has 1 nitrogen and oxygen atoms in total. The van der Waals surface area contributed by atoms with E-state index in [1.165, 1.54) is 18.6 Å². The number of halogens is 1. The Kier molecular flexibility index (Phi) is 7.78. The van der Waals surface area contributed by atoms with Gasteiger partial charge < -0.3 is 5.11 Å². The standard InChI is InChI=1S/C10H7FO.C3H8.C2H6/c11-9-3-1-8-6-10(12)4-2-7(8)5-9;1-3-2;1-2/h1-6,12H;3H2,1-2H3;1-2H3. The molecule has 2 heteroatoms. The summed E-state index contributed by atoms with van der Waals surface area (Å²) in [5, 5.41) is 10.7. The second-order valence-corrected chi connectivity index (χ2v) is 3.38. The molecule has 0 aliphatic carbocycles. The number of fused-ring (bicyclic) bond motifs is 1. The Morgan fingerprint density at radius 2 is 1.41 bits per heavy atom. The number of hydrogen-bond acceptors (Lipinski definition) is 1. The van der Waals surface area contributed by atoms with Gasteiger partial charge in [-0.05, 0) is 35.0 Å². The largest absolute Gasteiger partial charge is 0.508 e. The van der Waals surface area contributed by atoms with Crippen LogP contribution >= 0.6 is 0 Å². The van der Waals surface area contributed by atoms with Gasteiger partial charge in [-0.1, -0.05) is 46.2 Å². The maximum atomic E-state index is 12.7. The summed E-state index contributed by atoms with van der Waals surface area (Å²) in [6, 6.07) is 9.30. The first-order valence-electron chi connectivity index (χ1n) is 6.05. The highest BCUT2D eigenvalue weighted by molar-refractivity contribution is 5.83. The summed E-state index contributed by atoms with van der Waals surface area (Å²) < 4.78 is 12.7. The molecule has 0 bridgehead atoms. The number of rotatable bonds is 0. The lowest BCUT2D eigenvalue weighted by molar-refractivity contribution is 0.476.